The topological polar surface area (TPSA) is 50.5 Å². The van der Waals surface area contributed by atoms with Gasteiger partial charge in [0.05, 0.1) is 12.9 Å². The van der Waals surface area contributed by atoms with Gasteiger partial charge in [-0.2, -0.15) is 0 Å². The average molecular weight is 284 g/mol. The monoisotopic (exact) mass is 284 g/mol. The van der Waals surface area contributed by atoms with E-state index >= 15 is 0 Å². The van der Waals surface area contributed by atoms with E-state index in [0.717, 1.165) is 18.7 Å². The summed E-state index contributed by atoms with van der Waals surface area (Å²) in [7, 11) is 0. The summed E-state index contributed by atoms with van der Waals surface area (Å²) in [6.07, 6.45) is 6.26. The van der Waals surface area contributed by atoms with Crippen molar-refractivity contribution in [3.8, 4) is 5.69 Å². The van der Waals surface area contributed by atoms with Crippen LogP contribution in [0.25, 0.3) is 5.69 Å². The lowest BCUT2D eigenvalue weighted by Crippen LogP contribution is -2.33. The maximum Gasteiger partial charge on any atom is 0.253 e. The molecule has 0 aliphatic heterocycles. The van der Waals surface area contributed by atoms with Gasteiger partial charge in [0.15, 0.2) is 0 Å². The Morgan fingerprint density at radius 3 is 2.67 bits per heavy atom. The molecule has 0 unspecified atom stereocenters. The molecule has 5 heteroatoms. The van der Waals surface area contributed by atoms with Gasteiger partial charge in [0, 0.05) is 36.7 Å². The molecule has 0 aliphatic carbocycles. The highest BCUT2D eigenvalue weighted by Crippen LogP contribution is 2.11. The van der Waals surface area contributed by atoms with Crippen LogP contribution < -0.4 is 0 Å². The zero-order valence-corrected chi connectivity index (χ0v) is 12.3. The van der Waals surface area contributed by atoms with E-state index < -0.39 is 0 Å². The summed E-state index contributed by atoms with van der Waals surface area (Å²) >= 11 is 0. The highest BCUT2D eigenvalue weighted by atomic mass is 16.2. The fourth-order valence-corrected chi connectivity index (χ4v) is 2.15. The van der Waals surface area contributed by atoms with Crippen LogP contribution in [0.4, 0.5) is 0 Å². The number of nitrogens with zero attached hydrogens (tertiary/aromatic N) is 4. The van der Waals surface area contributed by atoms with E-state index in [1.54, 1.807) is 12.5 Å². The lowest BCUT2D eigenvalue weighted by atomic mass is 10.1. The van der Waals surface area contributed by atoms with E-state index in [4.69, 9.17) is 0 Å². The first-order valence-corrected chi connectivity index (χ1v) is 7.06. The Hall–Kier alpha value is -2.43. The van der Waals surface area contributed by atoms with Gasteiger partial charge in [0.25, 0.3) is 5.91 Å². The maximum absolute atomic E-state index is 12.5. The lowest BCUT2D eigenvalue weighted by molar-refractivity contribution is 0.0760. The van der Waals surface area contributed by atoms with Gasteiger partial charge >= 0.3 is 0 Å². The van der Waals surface area contributed by atoms with Crippen LogP contribution in [-0.2, 0) is 0 Å². The number of rotatable bonds is 7. The zero-order chi connectivity index (χ0) is 15.1. The highest BCUT2D eigenvalue weighted by molar-refractivity contribution is 5.94. The van der Waals surface area contributed by atoms with E-state index in [9.17, 15) is 4.79 Å². The quantitative estimate of drug-likeness (QED) is 0.733. The molecule has 0 aliphatic rings. The first-order valence-electron chi connectivity index (χ1n) is 7.06. The first-order chi connectivity index (χ1) is 10.3. The zero-order valence-electron chi connectivity index (χ0n) is 12.3. The Morgan fingerprint density at radius 2 is 2.10 bits per heavy atom. The number of carbonyl (C=O) groups excluding carboxylic acids is 1. The molecule has 0 N–H and O–H groups in total. The molecular weight excluding hydrogens is 264 g/mol. The number of carbonyl (C=O) groups is 1. The lowest BCUT2D eigenvalue weighted by Gasteiger charge is -2.21. The van der Waals surface area contributed by atoms with E-state index in [0.29, 0.717) is 18.7 Å². The minimum Gasteiger partial charge on any atom is -0.337 e. The summed E-state index contributed by atoms with van der Waals surface area (Å²) in [6, 6.07) is 7.54. The van der Waals surface area contributed by atoms with Gasteiger partial charge in [-0.1, -0.05) is 6.92 Å². The van der Waals surface area contributed by atoms with Crippen molar-refractivity contribution in [2.75, 3.05) is 19.6 Å². The first kappa shape index (κ1) is 15.0. The molecule has 0 saturated carbocycles. The third-order valence-electron chi connectivity index (χ3n) is 3.23. The molecule has 5 nitrogen and oxygen atoms in total. The normalized spacial score (nSPS) is 10.3. The van der Waals surface area contributed by atoms with Crippen LogP contribution in [0.2, 0.25) is 0 Å². The highest BCUT2D eigenvalue weighted by Gasteiger charge is 2.14. The average Bonchev–Trinajstić information content (AvgIpc) is 3.05. The summed E-state index contributed by atoms with van der Waals surface area (Å²) in [5, 5.41) is 0. The molecule has 1 aromatic carbocycles. The Kier molecular flexibility index (Phi) is 5.26. The van der Waals surface area contributed by atoms with Crippen LogP contribution in [0.15, 0.2) is 48.0 Å². The van der Waals surface area contributed by atoms with E-state index in [2.05, 4.69) is 23.6 Å². The Balaban J connectivity index is 2.12. The van der Waals surface area contributed by atoms with Crippen LogP contribution >= 0.6 is 0 Å². The van der Waals surface area contributed by atoms with Crippen LogP contribution in [0.5, 0.6) is 0 Å². The second kappa shape index (κ2) is 7.38. The van der Waals surface area contributed by atoms with Crippen molar-refractivity contribution in [1.29, 1.82) is 0 Å². The van der Waals surface area contributed by atoms with Crippen molar-refractivity contribution in [3.63, 3.8) is 0 Å². The van der Waals surface area contributed by atoms with Crippen molar-refractivity contribution in [1.82, 2.24) is 14.5 Å². The van der Waals surface area contributed by atoms with Crippen LogP contribution in [-0.4, -0.2) is 46.7 Å². The van der Waals surface area contributed by atoms with Gasteiger partial charge in [-0.15, -0.1) is 0 Å². The second-order valence-electron chi connectivity index (χ2n) is 4.76. The van der Waals surface area contributed by atoms with Crippen LogP contribution in [0, 0.1) is 0 Å². The largest absolute Gasteiger partial charge is 0.337 e. The van der Waals surface area contributed by atoms with Gasteiger partial charge in [-0.3, -0.25) is 9.79 Å². The van der Waals surface area contributed by atoms with Gasteiger partial charge in [-0.05, 0) is 37.4 Å². The molecule has 0 saturated heterocycles. The third-order valence-corrected chi connectivity index (χ3v) is 3.23. The smallest absolute Gasteiger partial charge is 0.253 e. The van der Waals surface area contributed by atoms with Crippen molar-refractivity contribution in [3.05, 3.63) is 48.5 Å². The SMILES string of the molecule is C=NCCN(CCC)C(=O)c1ccc(-n2ccnc2)cc1. The summed E-state index contributed by atoms with van der Waals surface area (Å²) < 4.78 is 1.90. The van der Waals surface area contributed by atoms with Gasteiger partial charge < -0.3 is 9.47 Å². The second-order valence-corrected chi connectivity index (χ2v) is 4.76. The standard InChI is InChI=1S/C16H20N4O/c1-3-10-19(11-8-17-2)16(21)14-4-6-15(7-5-14)20-12-9-18-13-20/h4-7,9,12-13H,2-3,8,10-11H2,1H3. The number of hydrogen-bond acceptors (Lipinski definition) is 3. The fourth-order valence-electron chi connectivity index (χ4n) is 2.15. The summed E-state index contributed by atoms with van der Waals surface area (Å²) in [5.74, 6) is 0.0395. The summed E-state index contributed by atoms with van der Waals surface area (Å²) in [6.45, 7) is 7.44. The molecule has 2 aromatic rings. The third kappa shape index (κ3) is 3.78. The Bertz CT molecular complexity index is 575. The Labute approximate surface area is 124 Å². The van der Waals surface area contributed by atoms with Crippen molar-refractivity contribution in [2.45, 2.75) is 13.3 Å². The predicted octanol–water partition coefficient (Wildman–Crippen LogP) is 2.43. The number of aliphatic imine (C=N–C) groups is 1. The molecule has 1 amide bonds. The molecule has 2 rings (SSSR count). The molecule has 0 spiro atoms. The minimum atomic E-state index is 0.0395. The van der Waals surface area contributed by atoms with Crippen LogP contribution in [0.3, 0.4) is 0 Å². The van der Waals surface area contributed by atoms with Gasteiger partial charge in [-0.25, -0.2) is 4.98 Å². The summed E-state index contributed by atoms with van der Waals surface area (Å²) in [4.78, 5) is 22.1. The number of benzene rings is 1. The predicted molar refractivity (Wildman–Crippen MR) is 84.2 cm³/mol. The molecule has 0 atom stereocenters. The molecule has 110 valence electrons. The molecule has 21 heavy (non-hydrogen) atoms. The summed E-state index contributed by atoms with van der Waals surface area (Å²) in [5.41, 5.74) is 1.68. The molecule has 1 aromatic heterocycles. The van der Waals surface area contributed by atoms with E-state index in [1.807, 2.05) is 39.9 Å². The molecule has 0 fully saturated rings. The molecular formula is C16H20N4O. The number of imidazole rings is 1. The number of aromatic nitrogens is 2. The number of hydrogen-bond donors (Lipinski definition) is 0. The van der Waals surface area contributed by atoms with E-state index in [-0.39, 0.29) is 5.91 Å². The van der Waals surface area contributed by atoms with E-state index in [1.165, 1.54) is 0 Å². The number of amides is 1. The molecule has 0 bridgehead atoms. The Morgan fingerprint density at radius 1 is 1.33 bits per heavy atom. The molecule has 0 radical (unpaired) electrons. The minimum absolute atomic E-state index is 0.0395. The van der Waals surface area contributed by atoms with Crippen molar-refractivity contribution >= 4 is 12.6 Å². The molecule has 1 heterocycles. The van der Waals surface area contributed by atoms with Crippen molar-refractivity contribution < 1.29 is 4.79 Å². The fraction of sp³-hybridized carbons (Fsp3) is 0.312. The van der Waals surface area contributed by atoms with Gasteiger partial charge in [0.2, 0.25) is 0 Å². The van der Waals surface area contributed by atoms with Gasteiger partial charge in [0.1, 0.15) is 0 Å². The van der Waals surface area contributed by atoms with Crippen LogP contribution in [0.1, 0.15) is 23.7 Å². The van der Waals surface area contributed by atoms with Crippen molar-refractivity contribution in [2.24, 2.45) is 4.99 Å². The maximum atomic E-state index is 12.5.